The van der Waals surface area contributed by atoms with Gasteiger partial charge < -0.3 is 15.5 Å². The van der Waals surface area contributed by atoms with Gasteiger partial charge in [0.2, 0.25) is 11.0 Å². The number of anilines is 1. The van der Waals surface area contributed by atoms with Gasteiger partial charge in [0, 0.05) is 23.5 Å². The van der Waals surface area contributed by atoms with E-state index in [0.717, 1.165) is 17.1 Å². The van der Waals surface area contributed by atoms with E-state index >= 15 is 0 Å². The third-order valence-electron chi connectivity index (χ3n) is 3.37. The van der Waals surface area contributed by atoms with Crippen molar-refractivity contribution in [2.45, 2.75) is 12.8 Å². The predicted octanol–water partition coefficient (Wildman–Crippen LogP) is 3.52. The number of aromatic nitrogens is 3. The number of carbonyl (C=O) groups is 2. The van der Waals surface area contributed by atoms with Gasteiger partial charge in [-0.25, -0.2) is 4.98 Å². The minimum atomic E-state index is -1.10. The quantitative estimate of drug-likeness (QED) is 0.515. The van der Waals surface area contributed by atoms with Crippen LogP contribution < -0.4 is 5.32 Å². The maximum Gasteiger partial charge on any atom is 0.303 e. The molecule has 0 saturated heterocycles. The van der Waals surface area contributed by atoms with Gasteiger partial charge in [0.15, 0.2) is 23.2 Å². The van der Waals surface area contributed by atoms with Crippen LogP contribution in [0.4, 0.5) is 16.8 Å². The Bertz CT molecular complexity index is 1020. The van der Waals surface area contributed by atoms with Gasteiger partial charge in [-0.15, -0.1) is 10.2 Å². The minimum Gasteiger partial charge on any atom is -0.504 e. The topological polar surface area (TPSA) is 150 Å². The van der Waals surface area contributed by atoms with Gasteiger partial charge in [0.25, 0.3) is 0 Å². The minimum absolute atomic E-state index is 0.128. The van der Waals surface area contributed by atoms with E-state index in [1.165, 1.54) is 12.1 Å². The lowest BCUT2D eigenvalue weighted by Crippen LogP contribution is -2.14. The molecule has 10 nitrogen and oxygen atoms in total. The Labute approximate surface area is 162 Å². The first-order chi connectivity index (χ1) is 13.5. The first kappa shape index (κ1) is 19.0. The molecule has 0 aliphatic rings. The first-order valence-corrected chi connectivity index (χ1v) is 8.81. The molecule has 0 radical (unpaired) electrons. The van der Waals surface area contributed by atoms with Crippen molar-refractivity contribution in [3.8, 4) is 17.1 Å². The molecular weight excluding hydrogens is 384 g/mol. The molecule has 0 atom stereocenters. The Morgan fingerprint density at radius 2 is 1.82 bits per heavy atom. The van der Waals surface area contributed by atoms with E-state index in [-0.39, 0.29) is 30.2 Å². The SMILES string of the molecule is O=C(O)CCC(=O)Nc1nc(N=Nc2nc(-c3ccccc3)ns2)ccc1O. The third kappa shape index (κ3) is 5.14. The number of carbonyl (C=O) groups excluding carboxylic acids is 1. The molecule has 0 aliphatic carbocycles. The largest absolute Gasteiger partial charge is 0.504 e. The molecule has 0 saturated carbocycles. The van der Waals surface area contributed by atoms with E-state index in [4.69, 9.17) is 5.11 Å². The summed E-state index contributed by atoms with van der Waals surface area (Å²) in [7, 11) is 0. The molecule has 2 aromatic heterocycles. The van der Waals surface area contributed by atoms with Crippen LogP contribution in [0.1, 0.15) is 12.8 Å². The summed E-state index contributed by atoms with van der Waals surface area (Å²) >= 11 is 1.07. The molecule has 0 unspecified atom stereocenters. The molecule has 0 aliphatic heterocycles. The van der Waals surface area contributed by atoms with Crippen molar-refractivity contribution in [3.63, 3.8) is 0 Å². The standard InChI is InChI=1S/C17H14N6O4S/c24-11-6-7-12(18-16(11)19-13(25)8-9-14(26)27)21-22-17-20-15(23-28-17)10-4-2-1-3-5-10/h1-7,24H,8-9H2,(H,26,27)(H,18,19,25). The van der Waals surface area contributed by atoms with Crippen LogP contribution in [0.2, 0.25) is 0 Å². The maximum absolute atomic E-state index is 11.7. The Morgan fingerprint density at radius 1 is 1.04 bits per heavy atom. The highest BCUT2D eigenvalue weighted by molar-refractivity contribution is 7.09. The van der Waals surface area contributed by atoms with Crippen LogP contribution in [0, 0.1) is 0 Å². The zero-order valence-corrected chi connectivity index (χ0v) is 15.1. The zero-order valence-electron chi connectivity index (χ0n) is 14.3. The Hall–Kier alpha value is -3.73. The van der Waals surface area contributed by atoms with E-state index in [2.05, 4.69) is 29.9 Å². The molecule has 1 amide bonds. The van der Waals surface area contributed by atoms with Crippen LogP contribution in [0.3, 0.4) is 0 Å². The van der Waals surface area contributed by atoms with Gasteiger partial charge in [-0.2, -0.15) is 9.36 Å². The van der Waals surface area contributed by atoms with Gasteiger partial charge in [-0.3, -0.25) is 9.59 Å². The number of benzene rings is 1. The lowest BCUT2D eigenvalue weighted by Gasteiger charge is -2.05. The number of hydrogen-bond acceptors (Lipinski definition) is 9. The summed E-state index contributed by atoms with van der Waals surface area (Å²) in [6, 6.07) is 12.1. The predicted molar refractivity (Wildman–Crippen MR) is 101 cm³/mol. The van der Waals surface area contributed by atoms with Crippen LogP contribution >= 0.6 is 11.5 Å². The van der Waals surface area contributed by atoms with Crippen molar-refractivity contribution >= 4 is 40.2 Å². The smallest absolute Gasteiger partial charge is 0.303 e. The number of aromatic hydroxyl groups is 1. The second-order valence-corrected chi connectivity index (χ2v) is 6.18. The van der Waals surface area contributed by atoms with E-state index in [0.29, 0.717) is 11.0 Å². The number of carboxylic acids is 1. The molecule has 0 fully saturated rings. The van der Waals surface area contributed by atoms with Gasteiger partial charge in [-0.05, 0) is 12.1 Å². The van der Waals surface area contributed by atoms with Gasteiger partial charge in [-0.1, -0.05) is 30.3 Å². The molecule has 2 heterocycles. The van der Waals surface area contributed by atoms with Gasteiger partial charge >= 0.3 is 5.97 Å². The third-order valence-corrected chi connectivity index (χ3v) is 3.97. The summed E-state index contributed by atoms with van der Waals surface area (Å²) in [5.74, 6) is -1.43. The fraction of sp³-hybridized carbons (Fsp3) is 0.118. The molecule has 3 N–H and O–H groups in total. The average Bonchev–Trinajstić information content (AvgIpc) is 3.17. The summed E-state index contributed by atoms with van der Waals surface area (Å²) in [6.07, 6.45) is -0.567. The molecule has 0 spiro atoms. The Kier molecular flexibility index (Phi) is 5.97. The van der Waals surface area contributed by atoms with Crippen LogP contribution in [0.25, 0.3) is 11.4 Å². The maximum atomic E-state index is 11.7. The van der Waals surface area contributed by atoms with Gasteiger partial charge in [0.05, 0.1) is 6.42 Å². The number of aliphatic carboxylic acids is 1. The normalized spacial score (nSPS) is 10.9. The summed E-state index contributed by atoms with van der Waals surface area (Å²) < 4.78 is 4.22. The van der Waals surface area contributed by atoms with Crippen molar-refractivity contribution in [2.75, 3.05) is 5.32 Å². The fourth-order valence-corrected chi connectivity index (χ4v) is 2.58. The van der Waals surface area contributed by atoms with E-state index in [9.17, 15) is 14.7 Å². The van der Waals surface area contributed by atoms with Crippen LogP contribution in [0.15, 0.2) is 52.7 Å². The van der Waals surface area contributed by atoms with Crippen LogP contribution in [-0.4, -0.2) is 36.4 Å². The highest BCUT2D eigenvalue weighted by Crippen LogP contribution is 2.27. The highest BCUT2D eigenvalue weighted by Gasteiger charge is 2.11. The molecule has 3 rings (SSSR count). The average molecular weight is 398 g/mol. The van der Waals surface area contributed by atoms with Crippen LogP contribution in [-0.2, 0) is 9.59 Å². The monoisotopic (exact) mass is 398 g/mol. The lowest BCUT2D eigenvalue weighted by molar-refractivity contribution is -0.138. The highest BCUT2D eigenvalue weighted by atomic mass is 32.1. The number of azo groups is 1. The summed E-state index contributed by atoms with van der Waals surface area (Å²) in [6.45, 7) is 0. The number of hydrogen-bond donors (Lipinski definition) is 3. The van der Waals surface area contributed by atoms with E-state index in [1.54, 1.807) is 0 Å². The second kappa shape index (κ2) is 8.77. The number of rotatable bonds is 7. The number of nitrogens with zero attached hydrogens (tertiary/aromatic N) is 5. The number of amides is 1. The van der Waals surface area contributed by atoms with Gasteiger partial charge in [0.1, 0.15) is 0 Å². The van der Waals surface area contributed by atoms with Crippen LogP contribution in [0.5, 0.6) is 5.75 Å². The Balaban J connectivity index is 1.70. The molecule has 1 aromatic carbocycles. The Morgan fingerprint density at radius 3 is 2.57 bits per heavy atom. The fourth-order valence-electron chi connectivity index (χ4n) is 2.06. The summed E-state index contributed by atoms with van der Waals surface area (Å²) in [5, 5.41) is 28.9. The molecule has 0 bridgehead atoms. The lowest BCUT2D eigenvalue weighted by atomic mass is 10.2. The number of carboxylic acid groups (broad SMARTS) is 1. The van der Waals surface area contributed by atoms with Crippen molar-refractivity contribution in [1.29, 1.82) is 0 Å². The number of pyridine rings is 1. The van der Waals surface area contributed by atoms with Crippen molar-refractivity contribution in [1.82, 2.24) is 14.3 Å². The number of nitrogens with one attached hydrogen (secondary N) is 1. The zero-order chi connectivity index (χ0) is 19.9. The molecule has 28 heavy (non-hydrogen) atoms. The van der Waals surface area contributed by atoms with E-state index in [1.807, 2.05) is 30.3 Å². The molecule has 11 heteroatoms. The van der Waals surface area contributed by atoms with Crippen molar-refractivity contribution < 1.29 is 19.8 Å². The van der Waals surface area contributed by atoms with Crippen molar-refractivity contribution in [2.24, 2.45) is 10.2 Å². The summed E-state index contributed by atoms with van der Waals surface area (Å²) in [4.78, 5) is 30.5. The van der Waals surface area contributed by atoms with E-state index < -0.39 is 11.9 Å². The van der Waals surface area contributed by atoms with Crippen molar-refractivity contribution in [3.05, 3.63) is 42.5 Å². The second-order valence-electron chi connectivity index (χ2n) is 5.45. The molecule has 142 valence electrons. The molecule has 3 aromatic rings. The summed E-state index contributed by atoms with van der Waals surface area (Å²) in [5.41, 5.74) is 0.856. The first-order valence-electron chi connectivity index (χ1n) is 8.04. The molecular formula is C17H14N6O4S.